The maximum Gasteiger partial charge on any atom is 0.224 e. The van der Waals surface area contributed by atoms with Crippen molar-refractivity contribution < 1.29 is 9.13 Å². The summed E-state index contributed by atoms with van der Waals surface area (Å²) in [7, 11) is 0. The lowest BCUT2D eigenvalue weighted by Crippen LogP contribution is -2.08. The normalized spacial score (nSPS) is 10.1. The molecule has 0 aliphatic rings. The molecule has 0 saturated carbocycles. The molecule has 88 valence electrons. The first kappa shape index (κ1) is 11.3. The van der Waals surface area contributed by atoms with Gasteiger partial charge in [0.15, 0.2) is 11.6 Å². The van der Waals surface area contributed by atoms with Crippen LogP contribution >= 0.6 is 0 Å². The number of rotatable bonds is 3. The molecule has 0 saturated heterocycles. The van der Waals surface area contributed by atoms with Crippen molar-refractivity contribution in [1.29, 1.82) is 0 Å². The summed E-state index contributed by atoms with van der Waals surface area (Å²) in [6.45, 7) is 1.85. The Balaban J connectivity index is 2.27. The van der Waals surface area contributed by atoms with E-state index in [0.29, 0.717) is 5.82 Å². The summed E-state index contributed by atoms with van der Waals surface area (Å²) in [6, 6.07) is 6.07. The third-order valence-electron chi connectivity index (χ3n) is 2.09. The Bertz CT molecular complexity index is 533. The van der Waals surface area contributed by atoms with Crippen molar-refractivity contribution in [3.8, 4) is 11.6 Å². The van der Waals surface area contributed by atoms with Gasteiger partial charge < -0.3 is 10.2 Å². The highest BCUT2D eigenvalue weighted by molar-refractivity contribution is 5.38. The van der Waals surface area contributed by atoms with Gasteiger partial charge >= 0.3 is 0 Å². The van der Waals surface area contributed by atoms with Gasteiger partial charge in [-0.25, -0.2) is 20.2 Å². The summed E-state index contributed by atoms with van der Waals surface area (Å²) >= 11 is 0. The molecule has 2 rings (SSSR count). The van der Waals surface area contributed by atoms with E-state index in [2.05, 4.69) is 15.4 Å². The highest BCUT2D eigenvalue weighted by Gasteiger charge is 2.06. The minimum atomic E-state index is -0.448. The van der Waals surface area contributed by atoms with Crippen LogP contribution in [0.25, 0.3) is 0 Å². The number of hydrazine groups is 1. The monoisotopic (exact) mass is 234 g/mol. The number of ether oxygens (including phenoxy) is 1. The topological polar surface area (TPSA) is 73.1 Å². The van der Waals surface area contributed by atoms with Crippen LogP contribution in [0, 0.1) is 12.7 Å². The van der Waals surface area contributed by atoms with Crippen LogP contribution in [0.1, 0.15) is 5.56 Å². The molecule has 0 aliphatic carbocycles. The molecule has 1 aromatic heterocycles. The van der Waals surface area contributed by atoms with E-state index >= 15 is 0 Å². The lowest BCUT2D eigenvalue weighted by molar-refractivity contribution is 0.426. The summed E-state index contributed by atoms with van der Waals surface area (Å²) in [5.74, 6) is 5.48. The zero-order valence-electron chi connectivity index (χ0n) is 9.14. The summed E-state index contributed by atoms with van der Waals surface area (Å²) in [6.07, 6.45) is 1.28. The number of nitrogens with one attached hydrogen (secondary N) is 1. The van der Waals surface area contributed by atoms with E-state index in [1.165, 1.54) is 18.5 Å². The molecule has 6 heteroatoms. The number of nitrogen functional groups attached to an aromatic ring is 1. The predicted octanol–water partition coefficient (Wildman–Crippen LogP) is 2.00. The predicted molar refractivity (Wildman–Crippen MR) is 61.1 cm³/mol. The van der Waals surface area contributed by atoms with Gasteiger partial charge in [-0.1, -0.05) is 6.07 Å². The summed E-state index contributed by atoms with van der Waals surface area (Å²) in [5, 5.41) is 0. The molecule has 2 aromatic rings. The highest BCUT2D eigenvalue weighted by atomic mass is 19.1. The lowest BCUT2D eigenvalue weighted by atomic mass is 10.2. The second-order valence-corrected chi connectivity index (χ2v) is 3.42. The van der Waals surface area contributed by atoms with Crippen molar-refractivity contribution in [1.82, 2.24) is 9.97 Å². The molecular formula is C11H11FN4O. The number of aryl methyl sites for hydroxylation is 1. The first-order chi connectivity index (χ1) is 8.19. The first-order valence-corrected chi connectivity index (χ1v) is 4.91. The lowest BCUT2D eigenvalue weighted by Gasteiger charge is -2.07. The standard InChI is InChI=1S/C11H11FN4O/c1-7-2-3-8(12)9(4-7)17-11-5-10(16-13)14-6-15-11/h2-6H,13H2,1H3,(H,14,15,16). The van der Waals surface area contributed by atoms with E-state index < -0.39 is 5.82 Å². The van der Waals surface area contributed by atoms with E-state index in [4.69, 9.17) is 10.6 Å². The molecule has 0 radical (unpaired) electrons. The molecule has 1 heterocycles. The van der Waals surface area contributed by atoms with Gasteiger partial charge in [-0.15, -0.1) is 0 Å². The fourth-order valence-corrected chi connectivity index (χ4v) is 1.28. The van der Waals surface area contributed by atoms with E-state index in [-0.39, 0.29) is 11.6 Å². The summed E-state index contributed by atoms with van der Waals surface area (Å²) in [4.78, 5) is 7.68. The van der Waals surface area contributed by atoms with Crippen molar-refractivity contribution in [2.45, 2.75) is 6.92 Å². The van der Waals surface area contributed by atoms with Crippen LogP contribution in [0.3, 0.4) is 0 Å². The van der Waals surface area contributed by atoms with Gasteiger partial charge in [0.25, 0.3) is 0 Å². The largest absolute Gasteiger partial charge is 0.436 e. The van der Waals surface area contributed by atoms with Gasteiger partial charge in [0.1, 0.15) is 12.1 Å². The molecule has 1 aromatic carbocycles. The smallest absolute Gasteiger partial charge is 0.224 e. The maximum atomic E-state index is 13.4. The van der Waals surface area contributed by atoms with Gasteiger partial charge in [-0.3, -0.25) is 0 Å². The van der Waals surface area contributed by atoms with Crippen LogP contribution < -0.4 is 16.0 Å². The third-order valence-corrected chi connectivity index (χ3v) is 2.09. The Kier molecular flexibility index (Phi) is 3.15. The molecule has 0 fully saturated rings. The molecule has 17 heavy (non-hydrogen) atoms. The zero-order chi connectivity index (χ0) is 12.3. The van der Waals surface area contributed by atoms with Crippen molar-refractivity contribution >= 4 is 5.82 Å². The molecule has 0 amide bonds. The molecule has 0 bridgehead atoms. The van der Waals surface area contributed by atoms with Crippen molar-refractivity contribution in [2.75, 3.05) is 5.43 Å². The molecule has 0 atom stereocenters. The van der Waals surface area contributed by atoms with Crippen molar-refractivity contribution in [3.63, 3.8) is 0 Å². The minimum absolute atomic E-state index is 0.117. The van der Waals surface area contributed by atoms with Crippen LogP contribution in [-0.2, 0) is 0 Å². The third kappa shape index (κ3) is 2.67. The number of halogens is 1. The Labute approximate surface area is 97.4 Å². The fourth-order valence-electron chi connectivity index (χ4n) is 1.28. The van der Waals surface area contributed by atoms with Crippen LogP contribution in [-0.4, -0.2) is 9.97 Å². The van der Waals surface area contributed by atoms with Crippen LogP contribution in [0.4, 0.5) is 10.2 Å². The van der Waals surface area contributed by atoms with E-state index in [0.717, 1.165) is 5.56 Å². The molecule has 5 nitrogen and oxygen atoms in total. The molecular weight excluding hydrogens is 223 g/mol. The SMILES string of the molecule is Cc1ccc(F)c(Oc2cc(NN)ncn2)c1. The van der Waals surface area contributed by atoms with Gasteiger partial charge in [0, 0.05) is 6.07 Å². The van der Waals surface area contributed by atoms with Gasteiger partial charge in [-0.05, 0) is 24.6 Å². The van der Waals surface area contributed by atoms with Crippen molar-refractivity contribution in [3.05, 3.63) is 42.0 Å². The highest BCUT2D eigenvalue weighted by Crippen LogP contribution is 2.24. The second kappa shape index (κ2) is 4.75. The molecule has 0 unspecified atom stereocenters. The maximum absolute atomic E-state index is 13.4. The molecule has 0 spiro atoms. The van der Waals surface area contributed by atoms with Crippen molar-refractivity contribution in [2.24, 2.45) is 5.84 Å². The average Bonchev–Trinajstić information content (AvgIpc) is 2.34. The zero-order valence-corrected chi connectivity index (χ0v) is 9.14. The summed E-state index contributed by atoms with van der Waals surface area (Å²) < 4.78 is 18.7. The average molecular weight is 234 g/mol. The number of nitrogens with zero attached hydrogens (tertiary/aromatic N) is 2. The number of anilines is 1. The molecule has 3 N–H and O–H groups in total. The Morgan fingerprint density at radius 1 is 1.29 bits per heavy atom. The second-order valence-electron chi connectivity index (χ2n) is 3.42. The van der Waals surface area contributed by atoms with Crippen LogP contribution in [0.5, 0.6) is 11.6 Å². The van der Waals surface area contributed by atoms with E-state index in [9.17, 15) is 4.39 Å². The Morgan fingerprint density at radius 2 is 2.12 bits per heavy atom. The fraction of sp³-hybridized carbons (Fsp3) is 0.0909. The quantitative estimate of drug-likeness (QED) is 0.627. The molecule has 0 aliphatic heterocycles. The Morgan fingerprint density at radius 3 is 2.88 bits per heavy atom. The van der Waals surface area contributed by atoms with Gasteiger partial charge in [0.2, 0.25) is 5.88 Å². The number of hydrogen-bond donors (Lipinski definition) is 2. The summed E-state index contributed by atoms with van der Waals surface area (Å²) in [5.41, 5.74) is 3.25. The number of benzene rings is 1. The van der Waals surface area contributed by atoms with Gasteiger partial charge in [0.05, 0.1) is 0 Å². The number of nitrogens with two attached hydrogens (primary N) is 1. The van der Waals surface area contributed by atoms with E-state index in [1.54, 1.807) is 12.1 Å². The first-order valence-electron chi connectivity index (χ1n) is 4.91. The minimum Gasteiger partial charge on any atom is -0.436 e. The number of hydrogen-bond acceptors (Lipinski definition) is 5. The Hall–Kier alpha value is -2.21. The van der Waals surface area contributed by atoms with Crippen LogP contribution in [0.15, 0.2) is 30.6 Å². The van der Waals surface area contributed by atoms with Gasteiger partial charge in [-0.2, -0.15) is 0 Å². The van der Waals surface area contributed by atoms with Crippen LogP contribution in [0.2, 0.25) is 0 Å². The van der Waals surface area contributed by atoms with E-state index in [1.807, 2.05) is 6.92 Å². The number of aromatic nitrogens is 2.